The lowest BCUT2D eigenvalue weighted by Gasteiger charge is -2.13. The highest BCUT2D eigenvalue weighted by atomic mass is 32.2. The number of hydrogen-bond acceptors (Lipinski definition) is 5. The summed E-state index contributed by atoms with van der Waals surface area (Å²) >= 11 is 0. The molecule has 0 aliphatic rings. The van der Waals surface area contributed by atoms with Crippen LogP contribution in [0.3, 0.4) is 0 Å². The van der Waals surface area contributed by atoms with Crippen molar-refractivity contribution in [3.05, 3.63) is 65.9 Å². The number of sulfonamides is 1. The number of ketones is 1. The molecule has 0 fully saturated rings. The third-order valence-electron chi connectivity index (χ3n) is 4.43. The molecule has 0 unspecified atom stereocenters. The monoisotopic (exact) mass is 414 g/mol. The largest absolute Gasteiger partial charge is 0.451 e. The summed E-state index contributed by atoms with van der Waals surface area (Å²) < 4.78 is 32.3. The van der Waals surface area contributed by atoms with Gasteiger partial charge in [-0.3, -0.25) is 4.79 Å². The van der Waals surface area contributed by atoms with E-state index in [1.54, 1.807) is 6.20 Å². The third kappa shape index (κ3) is 4.55. The van der Waals surface area contributed by atoms with Crippen LogP contribution in [0.1, 0.15) is 41.0 Å². The zero-order valence-electron chi connectivity index (χ0n) is 16.1. The fourth-order valence-corrected chi connectivity index (χ4v) is 4.07. The SMILES string of the molecule is CCCNS(=O)(=O)c1cccc(C(=O)O[C@@H](C)C(=O)c2c[nH]c3ccccc23)c1. The lowest BCUT2D eigenvalue weighted by atomic mass is 10.1. The highest BCUT2D eigenvalue weighted by molar-refractivity contribution is 7.89. The first-order valence-electron chi connectivity index (χ1n) is 9.24. The van der Waals surface area contributed by atoms with Gasteiger partial charge < -0.3 is 9.72 Å². The number of carbonyl (C=O) groups excluding carboxylic acids is 2. The van der Waals surface area contributed by atoms with Crippen molar-refractivity contribution in [1.82, 2.24) is 9.71 Å². The van der Waals surface area contributed by atoms with Crippen molar-refractivity contribution in [1.29, 1.82) is 0 Å². The number of H-pyrrole nitrogens is 1. The van der Waals surface area contributed by atoms with Crippen LogP contribution in [0.25, 0.3) is 10.9 Å². The number of benzene rings is 2. The maximum absolute atomic E-state index is 12.7. The van der Waals surface area contributed by atoms with Crippen LogP contribution < -0.4 is 4.72 Å². The maximum atomic E-state index is 12.7. The predicted octanol–water partition coefficient (Wildman–Crippen LogP) is 3.28. The van der Waals surface area contributed by atoms with Crippen LogP contribution in [-0.2, 0) is 14.8 Å². The smallest absolute Gasteiger partial charge is 0.338 e. The summed E-state index contributed by atoms with van der Waals surface area (Å²) in [5.74, 6) is -1.11. The van der Waals surface area contributed by atoms with Gasteiger partial charge in [0, 0.05) is 29.2 Å². The van der Waals surface area contributed by atoms with E-state index in [2.05, 4.69) is 9.71 Å². The summed E-state index contributed by atoms with van der Waals surface area (Å²) in [5, 5.41) is 0.746. The molecule has 2 aromatic carbocycles. The summed E-state index contributed by atoms with van der Waals surface area (Å²) in [5.41, 5.74) is 1.30. The van der Waals surface area contributed by atoms with Crippen LogP contribution in [-0.4, -0.2) is 37.8 Å². The van der Waals surface area contributed by atoms with Crippen molar-refractivity contribution in [3.8, 4) is 0 Å². The standard InChI is InChI=1S/C21H22N2O5S/c1-3-11-23-29(26,27)16-8-6-7-15(12-16)21(25)28-14(2)20(24)18-13-22-19-10-5-4-9-17(18)19/h4-10,12-14,22-23H,3,11H2,1-2H3/t14-/m0/s1. The van der Waals surface area contributed by atoms with Gasteiger partial charge in [0.1, 0.15) is 0 Å². The molecule has 0 aliphatic carbocycles. The molecule has 1 atom stereocenters. The number of carbonyl (C=O) groups is 2. The topological polar surface area (TPSA) is 105 Å². The predicted molar refractivity (Wildman–Crippen MR) is 109 cm³/mol. The second-order valence-corrected chi connectivity index (χ2v) is 8.35. The van der Waals surface area contributed by atoms with Gasteiger partial charge in [0.15, 0.2) is 6.10 Å². The van der Waals surface area contributed by atoms with Gasteiger partial charge in [-0.15, -0.1) is 0 Å². The Morgan fingerprint density at radius 1 is 1.14 bits per heavy atom. The molecule has 3 aromatic rings. The Hall–Kier alpha value is -2.97. The van der Waals surface area contributed by atoms with E-state index >= 15 is 0 Å². The zero-order valence-corrected chi connectivity index (χ0v) is 17.0. The second-order valence-electron chi connectivity index (χ2n) is 6.59. The number of rotatable bonds is 8. The van der Waals surface area contributed by atoms with Crippen molar-refractivity contribution in [2.45, 2.75) is 31.3 Å². The molecule has 0 saturated carbocycles. The van der Waals surface area contributed by atoms with Crippen molar-refractivity contribution in [2.75, 3.05) is 6.54 Å². The Morgan fingerprint density at radius 3 is 2.66 bits per heavy atom. The normalized spacial score (nSPS) is 12.6. The van der Waals surface area contributed by atoms with Gasteiger partial charge in [0.2, 0.25) is 15.8 Å². The minimum Gasteiger partial charge on any atom is -0.451 e. The molecule has 1 heterocycles. The molecule has 152 valence electrons. The Morgan fingerprint density at radius 2 is 1.90 bits per heavy atom. The van der Waals surface area contributed by atoms with Gasteiger partial charge in [-0.25, -0.2) is 17.9 Å². The molecule has 1 aromatic heterocycles. The molecule has 0 radical (unpaired) electrons. The van der Waals surface area contributed by atoms with Crippen molar-refractivity contribution in [3.63, 3.8) is 0 Å². The first-order chi connectivity index (χ1) is 13.8. The molecule has 0 spiro atoms. The Kier molecular flexibility index (Phi) is 6.14. The Labute approximate surface area is 169 Å². The van der Waals surface area contributed by atoms with Crippen LogP contribution in [0.4, 0.5) is 0 Å². The van der Waals surface area contributed by atoms with Crippen molar-refractivity contribution >= 4 is 32.7 Å². The lowest BCUT2D eigenvalue weighted by Crippen LogP contribution is -2.26. The number of esters is 1. The number of hydrogen-bond donors (Lipinski definition) is 2. The van der Waals surface area contributed by atoms with E-state index < -0.39 is 22.1 Å². The number of Topliss-reactive ketones (excluding diaryl/α,β-unsaturated/α-hetero) is 1. The number of fused-ring (bicyclic) bond motifs is 1. The summed E-state index contributed by atoms with van der Waals surface area (Å²) in [6, 6.07) is 12.9. The maximum Gasteiger partial charge on any atom is 0.338 e. The molecule has 0 amide bonds. The van der Waals surface area contributed by atoms with Gasteiger partial charge in [-0.1, -0.05) is 31.2 Å². The van der Waals surface area contributed by atoms with E-state index in [4.69, 9.17) is 4.74 Å². The molecule has 2 N–H and O–H groups in total. The van der Waals surface area contributed by atoms with Crippen molar-refractivity contribution < 1.29 is 22.7 Å². The molecular weight excluding hydrogens is 392 g/mol. The van der Waals surface area contributed by atoms with Crippen LogP contribution >= 0.6 is 0 Å². The summed E-state index contributed by atoms with van der Waals surface area (Å²) in [6.45, 7) is 3.64. The molecule has 0 aliphatic heterocycles. The van der Waals surface area contributed by atoms with E-state index in [0.717, 1.165) is 10.9 Å². The van der Waals surface area contributed by atoms with E-state index in [1.807, 2.05) is 31.2 Å². The fraction of sp³-hybridized carbons (Fsp3) is 0.238. The van der Waals surface area contributed by atoms with Crippen LogP contribution in [0.15, 0.2) is 59.6 Å². The Bertz CT molecular complexity index is 1150. The second kappa shape index (κ2) is 8.59. The highest BCUT2D eigenvalue weighted by Gasteiger charge is 2.24. The van der Waals surface area contributed by atoms with E-state index in [-0.39, 0.29) is 16.2 Å². The van der Waals surface area contributed by atoms with Gasteiger partial charge in [0.05, 0.1) is 10.5 Å². The quantitative estimate of drug-likeness (QED) is 0.435. The number of aromatic nitrogens is 1. The highest BCUT2D eigenvalue weighted by Crippen LogP contribution is 2.20. The molecule has 0 saturated heterocycles. The van der Waals surface area contributed by atoms with Gasteiger partial charge >= 0.3 is 5.97 Å². The van der Waals surface area contributed by atoms with Crippen LogP contribution in [0, 0.1) is 0 Å². The number of nitrogens with one attached hydrogen (secondary N) is 2. The summed E-state index contributed by atoms with van der Waals surface area (Å²) in [4.78, 5) is 28.2. The van der Waals surface area contributed by atoms with Gasteiger partial charge in [-0.05, 0) is 37.6 Å². The van der Waals surface area contributed by atoms with Gasteiger partial charge in [0.25, 0.3) is 0 Å². The van der Waals surface area contributed by atoms with Crippen LogP contribution in [0.5, 0.6) is 0 Å². The molecule has 3 rings (SSSR count). The van der Waals surface area contributed by atoms with E-state index in [1.165, 1.54) is 31.2 Å². The minimum absolute atomic E-state index is 0.0315. The first-order valence-corrected chi connectivity index (χ1v) is 10.7. The molecular formula is C21H22N2O5S. The zero-order chi connectivity index (χ0) is 21.0. The molecule has 8 heteroatoms. The number of ether oxygens (including phenoxy) is 1. The summed E-state index contributed by atoms with van der Waals surface area (Å²) in [7, 11) is -3.71. The summed E-state index contributed by atoms with van der Waals surface area (Å²) in [6.07, 6.45) is 1.21. The van der Waals surface area contributed by atoms with Crippen LogP contribution in [0.2, 0.25) is 0 Å². The fourth-order valence-electron chi connectivity index (χ4n) is 2.89. The lowest BCUT2D eigenvalue weighted by molar-refractivity contribution is 0.0319. The van der Waals surface area contributed by atoms with Crippen molar-refractivity contribution in [2.24, 2.45) is 0 Å². The number of para-hydroxylation sites is 1. The minimum atomic E-state index is -3.71. The average molecular weight is 414 g/mol. The number of aromatic amines is 1. The molecule has 0 bridgehead atoms. The average Bonchev–Trinajstić information content (AvgIpc) is 3.16. The van der Waals surface area contributed by atoms with E-state index in [0.29, 0.717) is 18.5 Å². The molecule has 7 nitrogen and oxygen atoms in total. The molecule has 29 heavy (non-hydrogen) atoms. The van der Waals surface area contributed by atoms with Gasteiger partial charge in [-0.2, -0.15) is 0 Å². The first kappa shape index (κ1) is 20.8. The third-order valence-corrected chi connectivity index (χ3v) is 5.89. The Balaban J connectivity index is 1.76. The van der Waals surface area contributed by atoms with E-state index in [9.17, 15) is 18.0 Å².